The number of hydrogen-bond donors (Lipinski definition) is 3. The maximum Gasteiger partial charge on any atom is 0.253 e. The van der Waals surface area contributed by atoms with Crippen LogP contribution in [0.15, 0.2) is 90.2 Å². The van der Waals surface area contributed by atoms with Gasteiger partial charge in [0.25, 0.3) is 5.91 Å². The number of piperidine rings is 1. The first-order valence-electron chi connectivity index (χ1n) is 16.7. The van der Waals surface area contributed by atoms with Gasteiger partial charge >= 0.3 is 0 Å². The van der Waals surface area contributed by atoms with E-state index in [1.54, 1.807) is 12.4 Å². The van der Waals surface area contributed by atoms with Gasteiger partial charge in [0, 0.05) is 78.2 Å². The van der Waals surface area contributed by atoms with Crippen molar-refractivity contribution in [2.24, 2.45) is 4.99 Å². The van der Waals surface area contributed by atoms with Crippen LogP contribution >= 0.6 is 0 Å². The second kappa shape index (κ2) is 14.0. The summed E-state index contributed by atoms with van der Waals surface area (Å²) in [5, 5.41) is 15.3. The summed E-state index contributed by atoms with van der Waals surface area (Å²) in [5.74, 6) is 0.667. The molecule has 3 aromatic carbocycles. The van der Waals surface area contributed by atoms with E-state index in [1.807, 2.05) is 91.5 Å². The van der Waals surface area contributed by atoms with E-state index in [2.05, 4.69) is 25.2 Å². The number of benzene rings is 3. The molecule has 0 spiro atoms. The SMILES string of the molecule is CC(C)Nc1ncc(-c2ccc3c(C(=Nc4ccc(C(=O)N5CCC(N6CCOCC6)CC5)cc4)c4ccccc4)c(O)[nH]c3c2)cn1. The zero-order valence-electron chi connectivity index (χ0n) is 27.4. The predicted molar refractivity (Wildman–Crippen MR) is 189 cm³/mol. The number of hydrogen-bond acceptors (Lipinski definition) is 8. The van der Waals surface area contributed by atoms with Gasteiger partial charge in [0.2, 0.25) is 5.95 Å². The van der Waals surface area contributed by atoms with Crippen LogP contribution in [0.4, 0.5) is 11.6 Å². The first-order chi connectivity index (χ1) is 23.4. The molecule has 2 fully saturated rings. The smallest absolute Gasteiger partial charge is 0.253 e. The summed E-state index contributed by atoms with van der Waals surface area (Å²) >= 11 is 0. The first-order valence-corrected chi connectivity index (χ1v) is 16.7. The van der Waals surface area contributed by atoms with Crippen molar-refractivity contribution in [3.63, 3.8) is 0 Å². The quantitative estimate of drug-likeness (QED) is 0.171. The molecule has 246 valence electrons. The number of aromatic hydroxyl groups is 1. The monoisotopic (exact) mass is 643 g/mol. The van der Waals surface area contributed by atoms with Crippen LogP contribution in [-0.2, 0) is 4.74 Å². The van der Waals surface area contributed by atoms with Crippen LogP contribution < -0.4 is 5.32 Å². The number of fused-ring (bicyclic) bond motifs is 1. The molecule has 0 saturated carbocycles. The van der Waals surface area contributed by atoms with Gasteiger partial charge in [0.05, 0.1) is 30.2 Å². The van der Waals surface area contributed by atoms with Gasteiger partial charge in [-0.3, -0.25) is 9.69 Å². The van der Waals surface area contributed by atoms with Crippen molar-refractivity contribution >= 4 is 34.2 Å². The molecule has 10 heteroatoms. The highest BCUT2D eigenvalue weighted by atomic mass is 16.5. The molecule has 48 heavy (non-hydrogen) atoms. The molecule has 0 bridgehead atoms. The molecule has 2 aromatic heterocycles. The lowest BCUT2D eigenvalue weighted by molar-refractivity contribution is 0.00159. The van der Waals surface area contributed by atoms with Gasteiger partial charge in [-0.1, -0.05) is 42.5 Å². The second-order valence-corrected chi connectivity index (χ2v) is 12.7. The summed E-state index contributed by atoms with van der Waals surface area (Å²) < 4.78 is 5.51. The zero-order chi connectivity index (χ0) is 33.0. The third-order valence-corrected chi connectivity index (χ3v) is 9.13. The minimum absolute atomic E-state index is 0.0322. The van der Waals surface area contributed by atoms with Gasteiger partial charge in [-0.25, -0.2) is 15.0 Å². The predicted octanol–water partition coefficient (Wildman–Crippen LogP) is 6.26. The van der Waals surface area contributed by atoms with Gasteiger partial charge < -0.3 is 25.0 Å². The minimum atomic E-state index is 0.0322. The lowest BCUT2D eigenvalue weighted by Crippen LogP contribution is -2.50. The molecule has 1 amide bonds. The van der Waals surface area contributed by atoms with Crippen LogP contribution in [0.5, 0.6) is 5.88 Å². The van der Waals surface area contributed by atoms with Gasteiger partial charge in [-0.05, 0) is 62.6 Å². The zero-order valence-corrected chi connectivity index (χ0v) is 27.4. The summed E-state index contributed by atoms with van der Waals surface area (Å²) in [6.45, 7) is 9.14. The Morgan fingerprint density at radius 3 is 2.31 bits per heavy atom. The number of amides is 1. The van der Waals surface area contributed by atoms with Crippen molar-refractivity contribution in [3.05, 3.63) is 102 Å². The van der Waals surface area contributed by atoms with Crippen molar-refractivity contribution < 1.29 is 14.6 Å². The molecule has 2 aliphatic rings. The van der Waals surface area contributed by atoms with E-state index in [9.17, 15) is 9.90 Å². The van der Waals surface area contributed by atoms with Crippen molar-refractivity contribution in [1.29, 1.82) is 0 Å². The maximum atomic E-state index is 13.4. The fraction of sp³-hybridized carbons (Fsp3) is 0.316. The van der Waals surface area contributed by atoms with Crippen molar-refractivity contribution in [2.45, 2.75) is 38.8 Å². The fourth-order valence-electron chi connectivity index (χ4n) is 6.64. The average Bonchev–Trinajstić information content (AvgIpc) is 3.46. The van der Waals surface area contributed by atoms with Gasteiger partial charge in [-0.2, -0.15) is 0 Å². The molecular formula is C38H41N7O3. The number of aromatic nitrogens is 3. The highest BCUT2D eigenvalue weighted by molar-refractivity contribution is 6.22. The molecule has 5 aromatic rings. The number of carbonyl (C=O) groups is 1. The Balaban J connectivity index is 1.13. The van der Waals surface area contributed by atoms with Crippen LogP contribution in [-0.4, -0.2) is 93.0 Å². The van der Waals surface area contributed by atoms with E-state index in [1.165, 1.54) is 0 Å². The number of carbonyl (C=O) groups excluding carboxylic acids is 1. The summed E-state index contributed by atoms with van der Waals surface area (Å²) in [6, 6.07) is 24.0. The van der Waals surface area contributed by atoms with Gasteiger partial charge in [0.1, 0.15) is 0 Å². The fourth-order valence-corrected chi connectivity index (χ4v) is 6.64. The third-order valence-electron chi connectivity index (χ3n) is 9.13. The molecule has 10 nitrogen and oxygen atoms in total. The molecule has 2 saturated heterocycles. The molecule has 0 radical (unpaired) electrons. The molecule has 0 aliphatic carbocycles. The summed E-state index contributed by atoms with van der Waals surface area (Å²) in [5.41, 5.74) is 6.01. The number of nitrogens with zero attached hydrogens (tertiary/aromatic N) is 5. The molecule has 7 rings (SSSR count). The van der Waals surface area contributed by atoms with Crippen LogP contribution in [0.3, 0.4) is 0 Å². The summed E-state index contributed by atoms with van der Waals surface area (Å²) in [4.78, 5) is 35.0. The second-order valence-electron chi connectivity index (χ2n) is 12.7. The molecule has 3 N–H and O–H groups in total. The Labute approximate surface area is 280 Å². The van der Waals surface area contributed by atoms with Crippen molar-refractivity contribution in [3.8, 4) is 17.0 Å². The molecule has 4 heterocycles. The van der Waals surface area contributed by atoms with Crippen molar-refractivity contribution in [2.75, 3.05) is 44.7 Å². The Kier molecular flexibility index (Phi) is 9.18. The highest BCUT2D eigenvalue weighted by Crippen LogP contribution is 2.34. The number of ether oxygens (including phenoxy) is 1. The van der Waals surface area contributed by atoms with Crippen molar-refractivity contribution in [1.82, 2.24) is 24.8 Å². The number of rotatable bonds is 8. The number of H-pyrrole nitrogens is 1. The average molecular weight is 644 g/mol. The lowest BCUT2D eigenvalue weighted by Gasteiger charge is -2.40. The highest BCUT2D eigenvalue weighted by Gasteiger charge is 2.28. The summed E-state index contributed by atoms with van der Waals surface area (Å²) in [6.07, 6.45) is 5.56. The Morgan fingerprint density at radius 2 is 1.62 bits per heavy atom. The summed E-state index contributed by atoms with van der Waals surface area (Å²) in [7, 11) is 0. The Hall–Kier alpha value is -5.06. The molecule has 2 aliphatic heterocycles. The van der Waals surface area contributed by atoms with Crippen LogP contribution in [0.25, 0.3) is 22.0 Å². The van der Waals surface area contributed by atoms with E-state index in [-0.39, 0.29) is 17.8 Å². The maximum absolute atomic E-state index is 13.4. The standard InChI is InChI=1S/C38H41N7O3/c1-25(2)41-38-39-23-29(24-40-38)28-10-13-32-33(22-28)43-36(46)34(32)35(26-6-4-3-5-7-26)42-30-11-8-27(9-12-30)37(47)45-16-14-31(15-17-45)44-18-20-48-21-19-44/h3-13,22-25,31,43,46H,14-21H2,1-2H3,(H,39,40,41). The van der Waals surface area contributed by atoms with E-state index < -0.39 is 0 Å². The number of anilines is 1. The van der Waals surface area contributed by atoms with Crippen LogP contribution in [0, 0.1) is 0 Å². The number of aromatic amines is 1. The van der Waals surface area contributed by atoms with Crippen LogP contribution in [0.1, 0.15) is 48.2 Å². The van der Waals surface area contributed by atoms with E-state index in [0.29, 0.717) is 34.5 Å². The third kappa shape index (κ3) is 6.81. The largest absolute Gasteiger partial charge is 0.494 e. The molecular weight excluding hydrogens is 602 g/mol. The first kappa shape index (κ1) is 31.5. The van der Waals surface area contributed by atoms with Crippen LogP contribution in [0.2, 0.25) is 0 Å². The van der Waals surface area contributed by atoms with Gasteiger partial charge in [0.15, 0.2) is 5.88 Å². The van der Waals surface area contributed by atoms with E-state index >= 15 is 0 Å². The van der Waals surface area contributed by atoms with E-state index in [0.717, 1.165) is 79.8 Å². The topological polar surface area (TPSA) is 119 Å². The number of aliphatic imine (C=N–C) groups is 1. The normalized spacial score (nSPS) is 16.5. The number of morpholine rings is 1. The minimum Gasteiger partial charge on any atom is -0.494 e. The van der Waals surface area contributed by atoms with Gasteiger partial charge in [-0.15, -0.1) is 0 Å². The molecule has 0 atom stereocenters. The van der Waals surface area contributed by atoms with E-state index in [4.69, 9.17) is 9.73 Å². The number of nitrogens with one attached hydrogen (secondary N) is 2. The Morgan fingerprint density at radius 1 is 0.917 bits per heavy atom. The number of likely N-dealkylation sites (tertiary alicyclic amines) is 1. The lowest BCUT2D eigenvalue weighted by atomic mass is 9.99. The Bertz CT molecular complexity index is 1890. The molecule has 0 unspecified atom stereocenters.